The van der Waals surface area contributed by atoms with E-state index in [-0.39, 0.29) is 17.9 Å². The van der Waals surface area contributed by atoms with Gasteiger partial charge in [-0.15, -0.1) is 0 Å². The molecule has 0 saturated heterocycles. The smallest absolute Gasteiger partial charge is 0.224 e. The maximum atomic E-state index is 11.8. The van der Waals surface area contributed by atoms with Crippen molar-refractivity contribution in [2.45, 2.75) is 25.3 Å². The Morgan fingerprint density at radius 1 is 1.42 bits per heavy atom. The first-order valence-corrected chi connectivity index (χ1v) is 6.56. The summed E-state index contributed by atoms with van der Waals surface area (Å²) < 4.78 is 1.72. The summed E-state index contributed by atoms with van der Waals surface area (Å²) in [5.74, 6) is 0.946. The molecule has 0 spiro atoms. The van der Waals surface area contributed by atoms with E-state index in [0.717, 1.165) is 30.7 Å². The van der Waals surface area contributed by atoms with E-state index < -0.39 is 0 Å². The molecule has 1 aliphatic carbocycles. The summed E-state index contributed by atoms with van der Waals surface area (Å²) in [5, 5.41) is 10.2. The first-order valence-electron chi connectivity index (χ1n) is 6.56. The number of anilines is 1. The number of rotatable bonds is 3. The van der Waals surface area contributed by atoms with E-state index >= 15 is 0 Å². The maximum Gasteiger partial charge on any atom is 0.224 e. The molecule has 1 aliphatic rings. The number of hydrogen-bond acceptors (Lipinski definition) is 4. The molecule has 19 heavy (non-hydrogen) atoms. The molecule has 2 aromatic heterocycles. The average molecular weight is 259 g/mol. The molecule has 2 atom stereocenters. The van der Waals surface area contributed by atoms with E-state index in [0.29, 0.717) is 0 Å². The van der Waals surface area contributed by atoms with Crippen LogP contribution in [0.2, 0.25) is 0 Å². The molecule has 0 bridgehead atoms. The fraction of sp³-hybridized carbons (Fsp3) is 0.462. The molecule has 3 rings (SSSR count). The lowest BCUT2D eigenvalue weighted by atomic mass is 10.0. The van der Waals surface area contributed by atoms with E-state index in [4.69, 9.17) is 0 Å². The quantitative estimate of drug-likeness (QED) is 0.864. The van der Waals surface area contributed by atoms with Gasteiger partial charge < -0.3 is 10.6 Å². The van der Waals surface area contributed by atoms with Crippen molar-refractivity contribution >= 4 is 17.4 Å². The monoisotopic (exact) mass is 259 g/mol. The van der Waals surface area contributed by atoms with Crippen molar-refractivity contribution in [3.63, 3.8) is 0 Å². The molecule has 1 fully saturated rings. The van der Waals surface area contributed by atoms with Crippen LogP contribution in [0.15, 0.2) is 24.5 Å². The number of carbonyl (C=O) groups excluding carboxylic acids is 1. The van der Waals surface area contributed by atoms with Gasteiger partial charge in [0.1, 0.15) is 5.82 Å². The highest BCUT2D eigenvalue weighted by atomic mass is 16.1. The normalized spacial score (nSPS) is 22.6. The van der Waals surface area contributed by atoms with Gasteiger partial charge in [0.05, 0.1) is 12.1 Å². The minimum absolute atomic E-state index is 0.0351. The molecule has 0 radical (unpaired) electrons. The Bertz CT molecular complexity index is 593. The Morgan fingerprint density at radius 2 is 2.32 bits per heavy atom. The highest BCUT2D eigenvalue weighted by Crippen LogP contribution is 2.28. The molecule has 6 nitrogen and oxygen atoms in total. The maximum absolute atomic E-state index is 11.8. The van der Waals surface area contributed by atoms with E-state index in [9.17, 15) is 4.79 Å². The summed E-state index contributed by atoms with van der Waals surface area (Å²) >= 11 is 0. The van der Waals surface area contributed by atoms with E-state index in [1.54, 1.807) is 17.8 Å². The van der Waals surface area contributed by atoms with Gasteiger partial charge in [-0.1, -0.05) is 6.42 Å². The van der Waals surface area contributed by atoms with Crippen LogP contribution in [0, 0.1) is 5.92 Å². The molecule has 2 N–H and O–H groups in total. The van der Waals surface area contributed by atoms with Gasteiger partial charge in [-0.2, -0.15) is 5.10 Å². The second-order valence-corrected chi connectivity index (χ2v) is 4.85. The Labute approximate surface area is 111 Å². The summed E-state index contributed by atoms with van der Waals surface area (Å²) in [6.07, 6.45) is 6.60. The molecule has 1 amide bonds. The zero-order chi connectivity index (χ0) is 13.2. The molecular weight excluding hydrogens is 242 g/mol. The Balaban J connectivity index is 1.78. The van der Waals surface area contributed by atoms with Gasteiger partial charge in [0.25, 0.3) is 0 Å². The van der Waals surface area contributed by atoms with Gasteiger partial charge in [0.2, 0.25) is 5.91 Å². The van der Waals surface area contributed by atoms with E-state index in [1.807, 2.05) is 18.3 Å². The SMILES string of the molecule is CNC(=O)C1CCCC1Nc1ccn2nccc2n1. The standard InChI is InChI=1S/C13H17N5O/c1-14-13(19)9-3-2-4-10(9)16-11-6-8-18-12(17-11)5-7-15-18/h5-10H,2-4H2,1H3,(H,14,19)(H,16,17). The Morgan fingerprint density at radius 3 is 3.16 bits per heavy atom. The van der Waals surface area contributed by atoms with Crippen LogP contribution in [-0.4, -0.2) is 33.6 Å². The highest BCUT2D eigenvalue weighted by molar-refractivity contribution is 5.79. The van der Waals surface area contributed by atoms with Crippen molar-refractivity contribution in [2.24, 2.45) is 5.92 Å². The summed E-state index contributed by atoms with van der Waals surface area (Å²) in [6.45, 7) is 0. The van der Waals surface area contributed by atoms with Crippen LogP contribution < -0.4 is 10.6 Å². The second kappa shape index (κ2) is 4.87. The average Bonchev–Trinajstić information content (AvgIpc) is 3.06. The predicted octanol–water partition coefficient (Wildman–Crippen LogP) is 1.06. The van der Waals surface area contributed by atoms with Gasteiger partial charge in [-0.3, -0.25) is 4.79 Å². The van der Waals surface area contributed by atoms with Gasteiger partial charge in [0, 0.05) is 25.4 Å². The van der Waals surface area contributed by atoms with E-state index in [1.165, 1.54) is 0 Å². The molecule has 0 aromatic carbocycles. The fourth-order valence-electron chi connectivity index (χ4n) is 2.71. The van der Waals surface area contributed by atoms with Crippen molar-refractivity contribution in [3.8, 4) is 0 Å². The fourth-order valence-corrected chi connectivity index (χ4v) is 2.71. The number of aromatic nitrogens is 3. The molecule has 6 heteroatoms. The lowest BCUT2D eigenvalue weighted by Gasteiger charge is -2.20. The van der Waals surface area contributed by atoms with Crippen LogP contribution in [0.1, 0.15) is 19.3 Å². The minimum Gasteiger partial charge on any atom is -0.366 e. The third kappa shape index (κ3) is 2.25. The molecule has 2 unspecified atom stereocenters. The van der Waals surface area contributed by atoms with Gasteiger partial charge in [-0.25, -0.2) is 9.50 Å². The Kier molecular flexibility index (Phi) is 3.06. The largest absolute Gasteiger partial charge is 0.366 e. The number of carbonyl (C=O) groups is 1. The van der Waals surface area contributed by atoms with Crippen molar-refractivity contribution in [3.05, 3.63) is 24.5 Å². The second-order valence-electron chi connectivity index (χ2n) is 4.85. The number of hydrogen-bond donors (Lipinski definition) is 2. The summed E-state index contributed by atoms with van der Waals surface area (Å²) in [5.41, 5.74) is 0.805. The van der Waals surface area contributed by atoms with Gasteiger partial charge in [-0.05, 0) is 18.9 Å². The van der Waals surface area contributed by atoms with Crippen molar-refractivity contribution in [1.29, 1.82) is 0 Å². The zero-order valence-electron chi connectivity index (χ0n) is 10.8. The van der Waals surface area contributed by atoms with Crippen LogP contribution >= 0.6 is 0 Å². The first-order chi connectivity index (χ1) is 9.28. The molecule has 0 aliphatic heterocycles. The number of amides is 1. The van der Waals surface area contributed by atoms with Crippen molar-refractivity contribution in [2.75, 3.05) is 12.4 Å². The molecule has 2 heterocycles. The van der Waals surface area contributed by atoms with Crippen molar-refractivity contribution < 1.29 is 4.79 Å². The van der Waals surface area contributed by atoms with Crippen LogP contribution in [0.25, 0.3) is 5.65 Å². The Hall–Kier alpha value is -2.11. The topological polar surface area (TPSA) is 71.3 Å². The zero-order valence-corrected chi connectivity index (χ0v) is 10.8. The lowest BCUT2D eigenvalue weighted by Crippen LogP contribution is -2.36. The molecular formula is C13H17N5O. The van der Waals surface area contributed by atoms with Crippen LogP contribution in [0.5, 0.6) is 0 Å². The van der Waals surface area contributed by atoms with Gasteiger partial charge in [0.15, 0.2) is 5.65 Å². The van der Waals surface area contributed by atoms with E-state index in [2.05, 4.69) is 20.7 Å². The first kappa shape index (κ1) is 12.0. The molecule has 1 saturated carbocycles. The van der Waals surface area contributed by atoms with Crippen LogP contribution in [0.3, 0.4) is 0 Å². The lowest BCUT2D eigenvalue weighted by molar-refractivity contribution is -0.124. The number of fused-ring (bicyclic) bond motifs is 1. The number of nitrogens with zero attached hydrogens (tertiary/aromatic N) is 3. The van der Waals surface area contributed by atoms with Gasteiger partial charge >= 0.3 is 0 Å². The minimum atomic E-state index is 0.0351. The highest BCUT2D eigenvalue weighted by Gasteiger charge is 2.32. The third-order valence-corrected chi connectivity index (χ3v) is 3.69. The molecule has 100 valence electrons. The predicted molar refractivity (Wildman–Crippen MR) is 71.8 cm³/mol. The van der Waals surface area contributed by atoms with Crippen molar-refractivity contribution in [1.82, 2.24) is 19.9 Å². The molecule has 2 aromatic rings. The van der Waals surface area contributed by atoms with Crippen LogP contribution in [0.4, 0.5) is 5.82 Å². The van der Waals surface area contributed by atoms with Crippen LogP contribution in [-0.2, 0) is 4.79 Å². The third-order valence-electron chi connectivity index (χ3n) is 3.69. The number of nitrogens with one attached hydrogen (secondary N) is 2. The summed E-state index contributed by atoms with van der Waals surface area (Å²) in [7, 11) is 1.69. The summed E-state index contributed by atoms with van der Waals surface area (Å²) in [6, 6.07) is 3.91. The summed E-state index contributed by atoms with van der Waals surface area (Å²) in [4.78, 5) is 16.3.